The first-order chi connectivity index (χ1) is 15.5. The van der Waals surface area contributed by atoms with Crippen molar-refractivity contribution in [3.05, 3.63) is 82.0 Å². The van der Waals surface area contributed by atoms with E-state index in [0.717, 1.165) is 11.6 Å². The topological polar surface area (TPSA) is 123 Å². The Labute approximate surface area is 185 Å². The Morgan fingerprint density at radius 3 is 2.09 bits per heavy atom. The van der Waals surface area contributed by atoms with E-state index in [1.165, 1.54) is 26.4 Å². The molecule has 0 radical (unpaired) electrons. The van der Waals surface area contributed by atoms with Crippen LogP contribution in [0.3, 0.4) is 0 Å². The van der Waals surface area contributed by atoms with Gasteiger partial charge in [-0.25, -0.2) is 0 Å². The number of azide groups is 1. The van der Waals surface area contributed by atoms with Crippen molar-refractivity contribution < 1.29 is 28.8 Å². The number of nitrogens with zero attached hydrogens (tertiary/aromatic N) is 3. The Hall–Kier alpha value is -4.36. The van der Waals surface area contributed by atoms with Crippen LogP contribution in [0.1, 0.15) is 11.1 Å². The van der Waals surface area contributed by atoms with Crippen molar-refractivity contribution in [2.24, 2.45) is 5.11 Å². The van der Waals surface area contributed by atoms with Crippen LogP contribution in [0.5, 0.6) is 23.0 Å². The normalized spacial score (nSPS) is 11.3. The Bertz CT molecular complexity index is 1090. The van der Waals surface area contributed by atoms with Gasteiger partial charge in [0.05, 0.1) is 21.3 Å². The monoisotopic (exact) mass is 437 g/mol. The lowest BCUT2D eigenvalue weighted by Gasteiger charge is -2.09. The third-order valence-electron chi connectivity index (χ3n) is 4.11. The SMILES string of the molecule is COc1ccc(/C=C/C(=O)/C=C(O)/C=C/c2ccc(OC)c(OCN=[N+]=[N-])c2)cc1OC. The van der Waals surface area contributed by atoms with Gasteiger partial charge in [0.25, 0.3) is 0 Å². The van der Waals surface area contributed by atoms with E-state index < -0.39 is 5.78 Å². The van der Waals surface area contributed by atoms with Crippen LogP contribution < -0.4 is 18.9 Å². The molecule has 9 heteroatoms. The lowest BCUT2D eigenvalue weighted by Crippen LogP contribution is -1.96. The van der Waals surface area contributed by atoms with E-state index in [0.29, 0.717) is 28.6 Å². The minimum Gasteiger partial charge on any atom is -0.508 e. The lowest BCUT2D eigenvalue weighted by atomic mass is 10.1. The number of carbonyl (C=O) groups excluding carboxylic acids is 1. The van der Waals surface area contributed by atoms with Crippen LogP contribution in [0.25, 0.3) is 22.6 Å². The second kappa shape index (κ2) is 12.4. The maximum atomic E-state index is 12.1. The van der Waals surface area contributed by atoms with E-state index in [1.807, 2.05) is 0 Å². The van der Waals surface area contributed by atoms with Crippen LogP contribution in [-0.4, -0.2) is 38.9 Å². The van der Waals surface area contributed by atoms with Gasteiger partial charge in [-0.1, -0.05) is 29.4 Å². The molecule has 0 spiro atoms. The second-order valence-corrected chi connectivity index (χ2v) is 6.17. The van der Waals surface area contributed by atoms with Gasteiger partial charge in [0, 0.05) is 11.0 Å². The molecule has 32 heavy (non-hydrogen) atoms. The summed E-state index contributed by atoms with van der Waals surface area (Å²) in [5, 5.41) is 13.4. The molecule has 0 fully saturated rings. The molecule has 0 aliphatic rings. The summed E-state index contributed by atoms with van der Waals surface area (Å²) in [7, 11) is 4.56. The number of benzene rings is 2. The third kappa shape index (κ3) is 7.16. The van der Waals surface area contributed by atoms with Gasteiger partial charge in [-0.3, -0.25) is 4.79 Å². The summed E-state index contributed by atoms with van der Waals surface area (Å²) in [4.78, 5) is 14.7. The van der Waals surface area contributed by atoms with Gasteiger partial charge in [-0.2, -0.15) is 0 Å². The van der Waals surface area contributed by atoms with Gasteiger partial charge in [0.2, 0.25) is 0 Å². The molecule has 0 aromatic heterocycles. The summed E-state index contributed by atoms with van der Waals surface area (Å²) >= 11 is 0. The highest BCUT2D eigenvalue weighted by Gasteiger charge is 2.05. The number of hydrogen-bond donors (Lipinski definition) is 1. The van der Waals surface area contributed by atoms with Gasteiger partial charge in [0.15, 0.2) is 35.5 Å². The molecule has 0 amide bonds. The Kier molecular flexibility index (Phi) is 9.24. The van der Waals surface area contributed by atoms with Crippen LogP contribution in [0, 0.1) is 0 Å². The molecule has 0 saturated carbocycles. The second-order valence-electron chi connectivity index (χ2n) is 6.17. The number of methoxy groups -OCH3 is 3. The van der Waals surface area contributed by atoms with Crippen molar-refractivity contribution >= 4 is 17.9 Å². The van der Waals surface area contributed by atoms with Gasteiger partial charge < -0.3 is 24.1 Å². The van der Waals surface area contributed by atoms with Crippen molar-refractivity contribution in [3.63, 3.8) is 0 Å². The Morgan fingerprint density at radius 2 is 1.50 bits per heavy atom. The van der Waals surface area contributed by atoms with Crippen LogP contribution in [0.15, 0.2) is 65.5 Å². The van der Waals surface area contributed by atoms with Crippen molar-refractivity contribution in [3.8, 4) is 23.0 Å². The molecular formula is C23H23N3O6. The Morgan fingerprint density at radius 1 is 0.938 bits per heavy atom. The zero-order valence-corrected chi connectivity index (χ0v) is 17.9. The average Bonchev–Trinajstić information content (AvgIpc) is 2.81. The lowest BCUT2D eigenvalue weighted by molar-refractivity contribution is -0.110. The number of aliphatic hydroxyl groups is 1. The van der Waals surface area contributed by atoms with E-state index in [-0.39, 0.29) is 12.5 Å². The number of ether oxygens (including phenoxy) is 4. The quantitative estimate of drug-likeness (QED) is 0.130. The standard InChI is InChI=1S/C23H23N3O6/c1-29-20-10-6-16(12-22(20)31-3)4-8-18(27)14-19(28)9-5-17-7-11-21(30-2)23(13-17)32-15-25-26-24/h4-14,28H,15H2,1-3H3/b8-4+,9-5+,19-14-. The summed E-state index contributed by atoms with van der Waals surface area (Å²) < 4.78 is 20.9. The van der Waals surface area contributed by atoms with Crippen molar-refractivity contribution in [1.82, 2.24) is 0 Å². The van der Waals surface area contributed by atoms with Crippen molar-refractivity contribution in [1.29, 1.82) is 0 Å². The number of ketones is 1. The molecule has 2 aromatic rings. The van der Waals surface area contributed by atoms with Gasteiger partial charge in [-0.05, 0) is 53.1 Å². The molecule has 0 saturated heterocycles. The Balaban J connectivity index is 2.08. The zero-order chi connectivity index (χ0) is 23.3. The molecule has 0 unspecified atom stereocenters. The first kappa shape index (κ1) is 23.9. The highest BCUT2D eigenvalue weighted by Crippen LogP contribution is 2.29. The highest BCUT2D eigenvalue weighted by atomic mass is 16.5. The van der Waals surface area contributed by atoms with Crippen LogP contribution >= 0.6 is 0 Å². The molecule has 9 nitrogen and oxygen atoms in total. The number of carbonyl (C=O) groups is 1. The van der Waals surface area contributed by atoms with Gasteiger partial charge >= 0.3 is 0 Å². The van der Waals surface area contributed by atoms with Crippen molar-refractivity contribution in [2.75, 3.05) is 28.1 Å². The molecule has 0 atom stereocenters. The largest absolute Gasteiger partial charge is 0.508 e. The van der Waals surface area contributed by atoms with E-state index >= 15 is 0 Å². The molecule has 2 aromatic carbocycles. The van der Waals surface area contributed by atoms with Gasteiger partial charge in [-0.15, -0.1) is 0 Å². The van der Waals surface area contributed by atoms with Crippen LogP contribution in [-0.2, 0) is 4.79 Å². The molecular weight excluding hydrogens is 414 g/mol. The summed E-state index contributed by atoms with van der Waals surface area (Å²) in [6.07, 6.45) is 7.00. The number of aliphatic hydroxyl groups excluding tert-OH is 1. The fourth-order valence-electron chi connectivity index (χ4n) is 2.59. The molecule has 0 aliphatic heterocycles. The average molecular weight is 437 g/mol. The summed E-state index contributed by atoms with van der Waals surface area (Å²) in [5.41, 5.74) is 9.77. The fraction of sp³-hybridized carbons (Fsp3) is 0.174. The van der Waals surface area contributed by atoms with Crippen molar-refractivity contribution in [2.45, 2.75) is 0 Å². The van der Waals surface area contributed by atoms with E-state index in [9.17, 15) is 9.90 Å². The zero-order valence-electron chi connectivity index (χ0n) is 17.9. The minimum absolute atomic E-state index is 0.188. The number of hydrogen-bond acceptors (Lipinski definition) is 7. The first-order valence-corrected chi connectivity index (χ1v) is 9.35. The summed E-state index contributed by atoms with van der Waals surface area (Å²) in [5.74, 6) is 1.36. The molecule has 0 aliphatic carbocycles. The third-order valence-corrected chi connectivity index (χ3v) is 4.11. The maximum Gasteiger partial charge on any atom is 0.182 e. The summed E-state index contributed by atoms with van der Waals surface area (Å²) in [6.45, 7) is -0.188. The smallest absolute Gasteiger partial charge is 0.182 e. The predicted octanol–water partition coefficient (Wildman–Crippen LogP) is 5.10. The van der Waals surface area contributed by atoms with E-state index in [1.54, 1.807) is 55.7 Å². The molecule has 0 heterocycles. The molecule has 2 rings (SSSR count). The summed E-state index contributed by atoms with van der Waals surface area (Å²) in [6, 6.07) is 10.3. The molecule has 166 valence electrons. The van der Waals surface area contributed by atoms with E-state index in [2.05, 4.69) is 10.0 Å². The first-order valence-electron chi connectivity index (χ1n) is 9.35. The predicted molar refractivity (Wildman–Crippen MR) is 121 cm³/mol. The molecule has 1 N–H and O–H groups in total. The van der Waals surface area contributed by atoms with Crippen LogP contribution in [0.2, 0.25) is 0 Å². The fourth-order valence-corrected chi connectivity index (χ4v) is 2.59. The molecule has 0 bridgehead atoms. The minimum atomic E-state index is -0.393. The number of rotatable bonds is 11. The van der Waals surface area contributed by atoms with E-state index in [4.69, 9.17) is 24.5 Å². The maximum absolute atomic E-state index is 12.1. The highest BCUT2D eigenvalue weighted by molar-refractivity contribution is 6.02. The van der Waals surface area contributed by atoms with Gasteiger partial charge in [0.1, 0.15) is 5.76 Å². The number of allylic oxidation sites excluding steroid dienone is 3. The van der Waals surface area contributed by atoms with Crippen LogP contribution in [0.4, 0.5) is 0 Å².